The molecular weight excluding hydrogens is 228 g/mol. The van der Waals surface area contributed by atoms with Gasteiger partial charge in [0.25, 0.3) is 0 Å². The van der Waals surface area contributed by atoms with E-state index in [0.717, 1.165) is 5.75 Å². The Bertz CT molecular complexity index is 391. The number of ether oxygens (including phenoxy) is 1. The highest BCUT2D eigenvalue weighted by Gasteiger charge is 2.08. The zero-order chi connectivity index (χ0) is 13.5. The van der Waals surface area contributed by atoms with Crippen LogP contribution in [0.3, 0.4) is 0 Å². The molecule has 1 atom stereocenters. The molecule has 0 aliphatic heterocycles. The lowest BCUT2D eigenvalue weighted by Gasteiger charge is -2.15. The minimum Gasteiger partial charge on any atom is -0.491 e. The maximum Gasteiger partial charge on any atom is 0.234 e. The maximum atomic E-state index is 11.0. The Morgan fingerprint density at radius 3 is 2.72 bits per heavy atom. The van der Waals surface area contributed by atoms with Crippen molar-refractivity contribution in [1.82, 2.24) is 5.43 Å². The quantitative estimate of drug-likeness (QED) is 0.463. The van der Waals surface area contributed by atoms with E-state index in [1.165, 1.54) is 5.56 Å². The van der Waals surface area contributed by atoms with Crippen LogP contribution < -0.4 is 16.0 Å². The first-order chi connectivity index (χ1) is 8.52. The summed E-state index contributed by atoms with van der Waals surface area (Å²) in [6, 6.07) is 8.06. The Balaban J connectivity index is 2.51. The lowest BCUT2D eigenvalue weighted by atomic mass is 10.0. The van der Waals surface area contributed by atoms with E-state index in [2.05, 4.69) is 25.3 Å². The summed E-state index contributed by atoms with van der Waals surface area (Å²) in [7, 11) is 0. The third kappa shape index (κ3) is 4.75. The molecule has 0 bridgehead atoms. The van der Waals surface area contributed by atoms with Gasteiger partial charge in [0.1, 0.15) is 5.75 Å². The van der Waals surface area contributed by atoms with Crippen LogP contribution in [0.25, 0.3) is 0 Å². The largest absolute Gasteiger partial charge is 0.491 e. The van der Waals surface area contributed by atoms with Gasteiger partial charge in [-0.3, -0.25) is 10.2 Å². The summed E-state index contributed by atoms with van der Waals surface area (Å²) < 4.78 is 5.78. The minimum atomic E-state index is -0.165. The average molecular weight is 250 g/mol. The number of hydrogen-bond acceptors (Lipinski definition) is 3. The second kappa shape index (κ2) is 7.01. The van der Waals surface area contributed by atoms with E-state index in [1.807, 2.05) is 25.1 Å². The van der Waals surface area contributed by atoms with E-state index in [1.54, 1.807) is 0 Å². The number of hydrazine groups is 1. The van der Waals surface area contributed by atoms with Gasteiger partial charge in [0, 0.05) is 6.42 Å². The van der Waals surface area contributed by atoms with E-state index in [9.17, 15) is 4.79 Å². The van der Waals surface area contributed by atoms with Crippen molar-refractivity contribution in [1.29, 1.82) is 0 Å². The summed E-state index contributed by atoms with van der Waals surface area (Å²) in [5, 5.41) is 0. The van der Waals surface area contributed by atoms with Gasteiger partial charge in [0.15, 0.2) is 0 Å². The zero-order valence-corrected chi connectivity index (χ0v) is 11.3. The molecule has 0 aliphatic rings. The summed E-state index contributed by atoms with van der Waals surface area (Å²) in [6.07, 6.45) is 1.01. The van der Waals surface area contributed by atoms with Crippen LogP contribution in [-0.2, 0) is 4.79 Å². The van der Waals surface area contributed by atoms with Crippen molar-refractivity contribution in [3.8, 4) is 5.75 Å². The first kappa shape index (κ1) is 14.5. The van der Waals surface area contributed by atoms with E-state index >= 15 is 0 Å². The molecule has 0 radical (unpaired) electrons. The van der Waals surface area contributed by atoms with Crippen LogP contribution in [0.5, 0.6) is 5.75 Å². The minimum absolute atomic E-state index is 0.00953. The Morgan fingerprint density at radius 2 is 2.11 bits per heavy atom. The topological polar surface area (TPSA) is 64.4 Å². The molecular formula is C14H22N2O2. The van der Waals surface area contributed by atoms with Crippen molar-refractivity contribution in [3.63, 3.8) is 0 Å². The van der Waals surface area contributed by atoms with Gasteiger partial charge >= 0.3 is 0 Å². The highest BCUT2D eigenvalue weighted by molar-refractivity contribution is 5.75. The van der Waals surface area contributed by atoms with Crippen LogP contribution in [0.2, 0.25) is 0 Å². The molecule has 0 heterocycles. The van der Waals surface area contributed by atoms with Crippen molar-refractivity contribution < 1.29 is 9.53 Å². The Hall–Kier alpha value is -1.55. The normalized spacial score (nSPS) is 12.3. The van der Waals surface area contributed by atoms with E-state index in [4.69, 9.17) is 10.6 Å². The summed E-state index contributed by atoms with van der Waals surface area (Å²) in [4.78, 5) is 11.0. The number of carbonyl (C=O) groups is 1. The maximum absolute atomic E-state index is 11.0. The summed E-state index contributed by atoms with van der Waals surface area (Å²) in [6.45, 7) is 6.24. The van der Waals surface area contributed by atoms with Crippen LogP contribution >= 0.6 is 0 Å². The van der Waals surface area contributed by atoms with Crippen molar-refractivity contribution in [2.45, 2.75) is 45.6 Å². The van der Waals surface area contributed by atoms with Crippen molar-refractivity contribution >= 4 is 5.91 Å². The standard InChI is InChI=1S/C14H22N2O2/c1-10(2)12-5-4-6-13(9-12)18-11(3)7-8-14(17)16-15/h4-6,9-11H,7-8,15H2,1-3H3,(H,16,17). The number of hydrogen-bond donors (Lipinski definition) is 2. The molecule has 0 saturated carbocycles. The molecule has 1 unspecified atom stereocenters. The molecule has 1 aromatic carbocycles. The SMILES string of the molecule is CC(CCC(=O)NN)Oc1cccc(C(C)C)c1. The fraction of sp³-hybridized carbons (Fsp3) is 0.500. The molecule has 1 rings (SSSR count). The number of nitrogens with one attached hydrogen (secondary N) is 1. The first-order valence-electron chi connectivity index (χ1n) is 6.29. The molecule has 18 heavy (non-hydrogen) atoms. The van der Waals surface area contributed by atoms with Crippen LogP contribution in [0, 0.1) is 0 Å². The van der Waals surface area contributed by atoms with Gasteiger partial charge in [0.05, 0.1) is 6.10 Å². The zero-order valence-electron chi connectivity index (χ0n) is 11.3. The summed E-state index contributed by atoms with van der Waals surface area (Å²) in [5.41, 5.74) is 3.36. The summed E-state index contributed by atoms with van der Waals surface area (Å²) >= 11 is 0. The fourth-order valence-corrected chi connectivity index (χ4v) is 1.64. The number of benzene rings is 1. The molecule has 0 spiro atoms. The Morgan fingerprint density at radius 1 is 1.39 bits per heavy atom. The van der Waals surface area contributed by atoms with Gasteiger partial charge in [-0.2, -0.15) is 0 Å². The second-order valence-electron chi connectivity index (χ2n) is 4.76. The molecule has 0 aromatic heterocycles. The van der Waals surface area contributed by atoms with Gasteiger partial charge in [-0.1, -0.05) is 26.0 Å². The van der Waals surface area contributed by atoms with Crippen LogP contribution in [0.15, 0.2) is 24.3 Å². The average Bonchev–Trinajstić information content (AvgIpc) is 2.36. The van der Waals surface area contributed by atoms with E-state index < -0.39 is 0 Å². The first-order valence-corrected chi connectivity index (χ1v) is 6.29. The summed E-state index contributed by atoms with van der Waals surface area (Å²) in [5.74, 6) is 6.19. The highest BCUT2D eigenvalue weighted by atomic mass is 16.5. The van der Waals surface area contributed by atoms with Gasteiger partial charge in [-0.25, -0.2) is 5.84 Å². The predicted octanol–water partition coefficient (Wildman–Crippen LogP) is 2.35. The number of rotatable bonds is 6. The van der Waals surface area contributed by atoms with Crippen molar-refractivity contribution in [3.05, 3.63) is 29.8 Å². The van der Waals surface area contributed by atoms with Crippen molar-refractivity contribution in [2.75, 3.05) is 0 Å². The molecule has 1 aromatic rings. The van der Waals surface area contributed by atoms with E-state index in [0.29, 0.717) is 18.8 Å². The molecule has 100 valence electrons. The fourth-order valence-electron chi connectivity index (χ4n) is 1.64. The molecule has 4 heteroatoms. The van der Waals surface area contributed by atoms with Gasteiger partial charge in [-0.05, 0) is 37.0 Å². The molecule has 1 amide bonds. The Kier molecular flexibility index (Phi) is 5.65. The van der Waals surface area contributed by atoms with E-state index in [-0.39, 0.29) is 12.0 Å². The van der Waals surface area contributed by atoms with Crippen LogP contribution in [-0.4, -0.2) is 12.0 Å². The second-order valence-corrected chi connectivity index (χ2v) is 4.76. The van der Waals surface area contributed by atoms with Crippen LogP contribution in [0.4, 0.5) is 0 Å². The molecule has 0 saturated heterocycles. The number of carbonyl (C=O) groups excluding carboxylic acids is 1. The molecule has 0 aliphatic carbocycles. The van der Waals surface area contributed by atoms with Gasteiger partial charge in [-0.15, -0.1) is 0 Å². The Labute approximate surface area is 108 Å². The third-order valence-corrected chi connectivity index (χ3v) is 2.80. The number of nitrogens with two attached hydrogens (primary N) is 1. The molecule has 4 nitrogen and oxygen atoms in total. The van der Waals surface area contributed by atoms with Crippen molar-refractivity contribution in [2.24, 2.45) is 5.84 Å². The molecule has 3 N–H and O–H groups in total. The van der Waals surface area contributed by atoms with Gasteiger partial charge in [0.2, 0.25) is 5.91 Å². The van der Waals surface area contributed by atoms with Crippen LogP contribution in [0.1, 0.15) is 45.1 Å². The highest BCUT2D eigenvalue weighted by Crippen LogP contribution is 2.21. The lowest BCUT2D eigenvalue weighted by Crippen LogP contribution is -2.30. The smallest absolute Gasteiger partial charge is 0.234 e. The monoisotopic (exact) mass is 250 g/mol. The number of amides is 1. The van der Waals surface area contributed by atoms with Gasteiger partial charge < -0.3 is 4.74 Å². The third-order valence-electron chi connectivity index (χ3n) is 2.80. The lowest BCUT2D eigenvalue weighted by molar-refractivity contribution is -0.121. The molecule has 0 fully saturated rings. The predicted molar refractivity (Wildman–Crippen MR) is 72.2 cm³/mol.